The molecule has 0 aromatic carbocycles. The highest BCUT2D eigenvalue weighted by atomic mass is 35.5. The number of methoxy groups -OCH3 is 1. The van der Waals surface area contributed by atoms with Crippen LogP contribution in [0.4, 0.5) is 0 Å². The van der Waals surface area contributed by atoms with Crippen LogP contribution in [0.3, 0.4) is 0 Å². The third-order valence-corrected chi connectivity index (χ3v) is 1.83. The van der Waals surface area contributed by atoms with Crippen LogP contribution < -0.4 is 5.73 Å². The van der Waals surface area contributed by atoms with Gasteiger partial charge in [-0.2, -0.15) is 0 Å². The topological polar surface area (TPSA) is 52.3 Å². The fraction of sp³-hybridized carbons (Fsp3) is 0.875. The van der Waals surface area contributed by atoms with E-state index in [2.05, 4.69) is 11.7 Å². The van der Waals surface area contributed by atoms with E-state index in [0.717, 1.165) is 12.8 Å². The molecule has 0 amide bonds. The van der Waals surface area contributed by atoms with Gasteiger partial charge in [0.25, 0.3) is 0 Å². The maximum atomic E-state index is 10.9. The number of carbonyl (C=O) groups excluding carboxylic acids is 1. The highest BCUT2D eigenvalue weighted by molar-refractivity contribution is 5.85. The molecule has 0 aliphatic carbocycles. The molecule has 2 N–H and O–H groups in total. The normalized spacial score (nSPS) is 14.3. The Kier molecular flexibility index (Phi) is 8.76. The maximum Gasteiger partial charge on any atom is 0.322 e. The second-order valence-electron chi connectivity index (χ2n) is 2.81. The molecule has 0 aliphatic rings. The molecule has 0 saturated carbocycles. The Morgan fingerprint density at radius 2 is 2.08 bits per heavy atom. The van der Waals surface area contributed by atoms with Gasteiger partial charge in [0.15, 0.2) is 0 Å². The number of nitrogens with two attached hydrogens (primary N) is 1. The SMILES string of the molecule is CCCC(C)C(N)C(=O)OC.Cl. The van der Waals surface area contributed by atoms with Gasteiger partial charge in [0.05, 0.1) is 7.11 Å². The lowest BCUT2D eigenvalue weighted by Crippen LogP contribution is -2.37. The van der Waals surface area contributed by atoms with Gasteiger partial charge in [-0.15, -0.1) is 12.4 Å². The molecule has 0 spiro atoms. The van der Waals surface area contributed by atoms with Crippen LogP contribution >= 0.6 is 12.4 Å². The Morgan fingerprint density at radius 3 is 2.42 bits per heavy atom. The average molecular weight is 196 g/mol. The van der Waals surface area contributed by atoms with Crippen LogP contribution in [0.5, 0.6) is 0 Å². The highest BCUT2D eigenvalue weighted by Crippen LogP contribution is 2.09. The lowest BCUT2D eigenvalue weighted by atomic mass is 9.98. The number of rotatable bonds is 4. The van der Waals surface area contributed by atoms with E-state index in [1.807, 2.05) is 6.92 Å². The number of carbonyl (C=O) groups is 1. The summed E-state index contributed by atoms with van der Waals surface area (Å²) < 4.78 is 4.52. The van der Waals surface area contributed by atoms with Crippen molar-refractivity contribution in [2.45, 2.75) is 32.7 Å². The largest absolute Gasteiger partial charge is 0.468 e. The van der Waals surface area contributed by atoms with E-state index in [-0.39, 0.29) is 24.3 Å². The van der Waals surface area contributed by atoms with Crippen LogP contribution in [0.1, 0.15) is 26.7 Å². The first-order valence-electron chi connectivity index (χ1n) is 3.96. The molecule has 12 heavy (non-hydrogen) atoms. The Hall–Kier alpha value is -0.280. The molecular formula is C8H18ClNO2. The zero-order valence-electron chi connectivity index (χ0n) is 7.87. The van der Waals surface area contributed by atoms with E-state index >= 15 is 0 Å². The minimum atomic E-state index is -0.458. The quantitative estimate of drug-likeness (QED) is 0.689. The van der Waals surface area contributed by atoms with Gasteiger partial charge in [-0.1, -0.05) is 20.3 Å². The lowest BCUT2D eigenvalue weighted by molar-refractivity contribution is -0.143. The monoisotopic (exact) mass is 195 g/mol. The number of halogens is 1. The van der Waals surface area contributed by atoms with Crippen LogP contribution in [0.25, 0.3) is 0 Å². The third kappa shape index (κ3) is 4.57. The third-order valence-electron chi connectivity index (χ3n) is 1.83. The fourth-order valence-electron chi connectivity index (χ4n) is 1.00. The van der Waals surface area contributed by atoms with Crippen molar-refractivity contribution in [3.63, 3.8) is 0 Å². The predicted octanol–water partition coefficient (Wildman–Crippen LogP) is 1.34. The Labute approximate surface area is 80.1 Å². The van der Waals surface area contributed by atoms with Crippen molar-refractivity contribution < 1.29 is 9.53 Å². The summed E-state index contributed by atoms with van der Waals surface area (Å²) in [5, 5.41) is 0. The van der Waals surface area contributed by atoms with Gasteiger partial charge in [0.1, 0.15) is 6.04 Å². The van der Waals surface area contributed by atoms with E-state index in [1.54, 1.807) is 0 Å². The van der Waals surface area contributed by atoms with Gasteiger partial charge in [-0.3, -0.25) is 4.79 Å². The van der Waals surface area contributed by atoms with Crippen molar-refractivity contribution in [3.8, 4) is 0 Å². The molecule has 4 heteroatoms. The van der Waals surface area contributed by atoms with Gasteiger partial charge in [0.2, 0.25) is 0 Å². The molecular weight excluding hydrogens is 178 g/mol. The summed E-state index contributed by atoms with van der Waals surface area (Å²) in [7, 11) is 1.36. The summed E-state index contributed by atoms with van der Waals surface area (Å²) in [4.78, 5) is 10.9. The van der Waals surface area contributed by atoms with Crippen molar-refractivity contribution >= 4 is 18.4 Å². The number of esters is 1. The molecule has 2 atom stereocenters. The summed E-state index contributed by atoms with van der Waals surface area (Å²) in [5.74, 6) is -0.0987. The summed E-state index contributed by atoms with van der Waals surface area (Å²) >= 11 is 0. The molecule has 74 valence electrons. The number of hydrogen-bond acceptors (Lipinski definition) is 3. The zero-order valence-corrected chi connectivity index (χ0v) is 8.69. The molecule has 0 aromatic heterocycles. The Bertz CT molecular complexity index is 130. The first-order chi connectivity index (χ1) is 5.13. The van der Waals surface area contributed by atoms with Crippen LogP contribution in [0, 0.1) is 5.92 Å². The number of ether oxygens (including phenoxy) is 1. The molecule has 0 saturated heterocycles. The second kappa shape index (κ2) is 7.37. The Balaban J connectivity index is 0. The van der Waals surface area contributed by atoms with E-state index in [4.69, 9.17) is 5.73 Å². The minimum absolute atomic E-state index is 0. The standard InChI is InChI=1S/C8H17NO2.ClH/c1-4-5-6(2)7(9)8(10)11-3;/h6-7H,4-5,9H2,1-3H3;1H. The summed E-state index contributed by atoms with van der Waals surface area (Å²) in [6.07, 6.45) is 2.02. The maximum absolute atomic E-state index is 10.9. The van der Waals surface area contributed by atoms with E-state index in [0.29, 0.717) is 0 Å². The molecule has 0 aromatic rings. The molecule has 0 rings (SSSR count). The molecule has 0 radical (unpaired) electrons. The first kappa shape index (κ1) is 14.3. The summed E-state index contributed by atoms with van der Waals surface area (Å²) in [5.41, 5.74) is 5.58. The van der Waals surface area contributed by atoms with Gasteiger partial charge < -0.3 is 10.5 Å². The van der Waals surface area contributed by atoms with Crippen molar-refractivity contribution in [1.82, 2.24) is 0 Å². The van der Waals surface area contributed by atoms with Gasteiger partial charge in [0, 0.05) is 0 Å². The number of hydrogen-bond donors (Lipinski definition) is 1. The van der Waals surface area contributed by atoms with E-state index in [9.17, 15) is 4.79 Å². The summed E-state index contributed by atoms with van der Waals surface area (Å²) in [6, 6.07) is -0.458. The fourth-order valence-corrected chi connectivity index (χ4v) is 1.00. The Morgan fingerprint density at radius 1 is 1.58 bits per heavy atom. The lowest BCUT2D eigenvalue weighted by Gasteiger charge is -2.16. The average Bonchev–Trinajstić information content (AvgIpc) is 2.02. The van der Waals surface area contributed by atoms with Crippen molar-refractivity contribution in [2.75, 3.05) is 7.11 Å². The minimum Gasteiger partial charge on any atom is -0.468 e. The van der Waals surface area contributed by atoms with Crippen LogP contribution in [-0.4, -0.2) is 19.1 Å². The molecule has 3 nitrogen and oxygen atoms in total. The van der Waals surface area contributed by atoms with Crippen LogP contribution in [-0.2, 0) is 9.53 Å². The van der Waals surface area contributed by atoms with E-state index in [1.165, 1.54) is 7.11 Å². The molecule has 0 bridgehead atoms. The first-order valence-corrected chi connectivity index (χ1v) is 3.96. The molecule has 0 heterocycles. The predicted molar refractivity (Wildman–Crippen MR) is 51.3 cm³/mol. The van der Waals surface area contributed by atoms with Crippen LogP contribution in [0.15, 0.2) is 0 Å². The smallest absolute Gasteiger partial charge is 0.322 e. The van der Waals surface area contributed by atoms with Gasteiger partial charge in [-0.05, 0) is 12.3 Å². The van der Waals surface area contributed by atoms with Crippen molar-refractivity contribution in [2.24, 2.45) is 11.7 Å². The van der Waals surface area contributed by atoms with Gasteiger partial charge in [-0.25, -0.2) is 0 Å². The highest BCUT2D eigenvalue weighted by Gasteiger charge is 2.19. The molecule has 0 aliphatic heterocycles. The molecule has 2 unspecified atom stereocenters. The van der Waals surface area contributed by atoms with E-state index < -0.39 is 6.04 Å². The van der Waals surface area contributed by atoms with Crippen LogP contribution in [0.2, 0.25) is 0 Å². The van der Waals surface area contributed by atoms with Crippen molar-refractivity contribution in [3.05, 3.63) is 0 Å². The van der Waals surface area contributed by atoms with Gasteiger partial charge >= 0.3 is 5.97 Å². The second-order valence-corrected chi connectivity index (χ2v) is 2.81. The molecule has 0 fully saturated rings. The van der Waals surface area contributed by atoms with Crippen molar-refractivity contribution in [1.29, 1.82) is 0 Å². The zero-order chi connectivity index (χ0) is 8.85. The summed E-state index contributed by atoms with van der Waals surface area (Å²) in [6.45, 7) is 4.03.